The number of hydrogen-bond donors (Lipinski definition) is 2. The Bertz CT molecular complexity index is 698. The van der Waals surface area contributed by atoms with Crippen molar-refractivity contribution >= 4 is 23.2 Å². The van der Waals surface area contributed by atoms with E-state index < -0.39 is 11.7 Å². The lowest BCUT2D eigenvalue weighted by molar-refractivity contribution is -0.137. The van der Waals surface area contributed by atoms with Crippen LogP contribution in [0, 0.1) is 0 Å². The van der Waals surface area contributed by atoms with Gasteiger partial charge < -0.3 is 10.6 Å². The second-order valence-corrected chi connectivity index (χ2v) is 6.23. The van der Waals surface area contributed by atoms with Crippen molar-refractivity contribution in [3.8, 4) is 0 Å². The zero-order valence-electron chi connectivity index (χ0n) is 13.2. The number of thiophene rings is 1. The summed E-state index contributed by atoms with van der Waals surface area (Å²) in [5, 5.41) is 7.12. The molecule has 0 saturated carbocycles. The summed E-state index contributed by atoms with van der Waals surface area (Å²) in [4.78, 5) is 23.9. The van der Waals surface area contributed by atoms with Crippen molar-refractivity contribution in [2.24, 2.45) is 0 Å². The Morgan fingerprint density at radius 2 is 1.72 bits per heavy atom. The zero-order valence-corrected chi connectivity index (χ0v) is 14.0. The lowest BCUT2D eigenvalue weighted by atomic mass is 10.1. The van der Waals surface area contributed by atoms with Gasteiger partial charge >= 0.3 is 6.18 Å². The monoisotopic (exact) mass is 370 g/mol. The third-order valence-corrected chi connectivity index (χ3v) is 4.27. The van der Waals surface area contributed by atoms with Crippen molar-refractivity contribution in [1.29, 1.82) is 0 Å². The van der Waals surface area contributed by atoms with Crippen molar-refractivity contribution < 1.29 is 22.8 Å². The van der Waals surface area contributed by atoms with Crippen LogP contribution >= 0.6 is 11.3 Å². The molecular formula is C17H17F3N2O2S. The summed E-state index contributed by atoms with van der Waals surface area (Å²) in [5.74, 6) is -0.439. The highest BCUT2D eigenvalue weighted by molar-refractivity contribution is 7.12. The van der Waals surface area contributed by atoms with Crippen molar-refractivity contribution in [2.75, 3.05) is 13.1 Å². The Morgan fingerprint density at radius 1 is 1.00 bits per heavy atom. The fraction of sp³-hybridized carbons (Fsp3) is 0.294. The van der Waals surface area contributed by atoms with Gasteiger partial charge in [-0.25, -0.2) is 0 Å². The summed E-state index contributed by atoms with van der Waals surface area (Å²) in [5.41, 5.74) is 0.0149. The number of carbonyl (C=O) groups excluding carboxylic acids is 2. The average molecular weight is 370 g/mol. The quantitative estimate of drug-likeness (QED) is 0.786. The van der Waals surface area contributed by atoms with E-state index in [1.54, 1.807) is 17.5 Å². The molecule has 1 heterocycles. The van der Waals surface area contributed by atoms with Crippen LogP contribution in [-0.4, -0.2) is 24.9 Å². The van der Waals surface area contributed by atoms with E-state index in [0.29, 0.717) is 23.4 Å². The first kappa shape index (κ1) is 19.0. The van der Waals surface area contributed by atoms with Gasteiger partial charge in [-0.2, -0.15) is 13.2 Å². The number of hydrogen-bond acceptors (Lipinski definition) is 3. The van der Waals surface area contributed by atoms with E-state index in [-0.39, 0.29) is 24.8 Å². The Kier molecular flexibility index (Phi) is 6.58. The average Bonchev–Trinajstić information content (AvgIpc) is 3.09. The molecule has 0 unspecified atom stereocenters. The molecule has 25 heavy (non-hydrogen) atoms. The molecule has 1 aromatic heterocycles. The highest BCUT2D eigenvalue weighted by Crippen LogP contribution is 2.29. The van der Waals surface area contributed by atoms with Gasteiger partial charge in [0.1, 0.15) is 0 Å². The molecule has 134 valence electrons. The molecule has 2 N–H and O–H groups in total. The highest BCUT2D eigenvalue weighted by Gasteiger charge is 2.29. The highest BCUT2D eigenvalue weighted by atomic mass is 32.1. The van der Waals surface area contributed by atoms with Gasteiger partial charge in [-0.3, -0.25) is 9.59 Å². The van der Waals surface area contributed by atoms with E-state index in [1.165, 1.54) is 23.5 Å². The van der Waals surface area contributed by atoms with Crippen LogP contribution in [-0.2, 0) is 17.4 Å². The molecule has 0 spiro atoms. The molecule has 0 atom stereocenters. The van der Waals surface area contributed by atoms with E-state index in [2.05, 4.69) is 10.6 Å². The van der Waals surface area contributed by atoms with Crippen LogP contribution < -0.4 is 10.6 Å². The first-order valence-electron chi connectivity index (χ1n) is 7.61. The van der Waals surface area contributed by atoms with Gasteiger partial charge in [0.25, 0.3) is 5.91 Å². The van der Waals surface area contributed by atoms with Crippen molar-refractivity contribution in [3.05, 3.63) is 57.8 Å². The van der Waals surface area contributed by atoms with Gasteiger partial charge in [0, 0.05) is 19.5 Å². The maximum absolute atomic E-state index is 12.5. The topological polar surface area (TPSA) is 58.2 Å². The van der Waals surface area contributed by atoms with Gasteiger partial charge in [-0.1, -0.05) is 18.2 Å². The van der Waals surface area contributed by atoms with Crippen molar-refractivity contribution in [1.82, 2.24) is 10.6 Å². The molecule has 2 rings (SSSR count). The molecular weight excluding hydrogens is 353 g/mol. The Morgan fingerprint density at radius 3 is 2.32 bits per heavy atom. The third-order valence-electron chi connectivity index (χ3n) is 3.40. The number of carbonyl (C=O) groups is 2. The second kappa shape index (κ2) is 8.66. The number of benzene rings is 1. The zero-order chi connectivity index (χ0) is 18.3. The Hall–Kier alpha value is -2.35. The first-order valence-corrected chi connectivity index (χ1v) is 8.49. The molecule has 0 saturated heterocycles. The van der Waals surface area contributed by atoms with Crippen LogP contribution in [0.5, 0.6) is 0 Å². The van der Waals surface area contributed by atoms with Crippen LogP contribution in [0.25, 0.3) is 0 Å². The van der Waals surface area contributed by atoms with E-state index in [0.717, 1.165) is 12.1 Å². The van der Waals surface area contributed by atoms with Crippen molar-refractivity contribution in [3.63, 3.8) is 0 Å². The third kappa shape index (κ3) is 6.22. The summed E-state index contributed by atoms with van der Waals surface area (Å²) < 4.78 is 37.4. The maximum atomic E-state index is 12.5. The minimum atomic E-state index is -4.35. The lowest BCUT2D eigenvalue weighted by Gasteiger charge is -2.08. The summed E-state index contributed by atoms with van der Waals surface area (Å²) in [6.07, 6.45) is -3.77. The van der Waals surface area contributed by atoms with Crippen LogP contribution in [0.2, 0.25) is 0 Å². The number of amides is 2. The van der Waals surface area contributed by atoms with Crippen LogP contribution in [0.1, 0.15) is 27.2 Å². The maximum Gasteiger partial charge on any atom is 0.416 e. The van der Waals surface area contributed by atoms with Crippen LogP contribution in [0.3, 0.4) is 0 Å². The van der Waals surface area contributed by atoms with Gasteiger partial charge in [0.05, 0.1) is 10.4 Å². The Balaban J connectivity index is 1.64. The largest absolute Gasteiger partial charge is 0.416 e. The fourth-order valence-electron chi connectivity index (χ4n) is 2.08. The molecule has 4 nitrogen and oxygen atoms in total. The minimum absolute atomic E-state index is 0.143. The predicted octanol–water partition coefficient (Wildman–Crippen LogP) is 3.25. The van der Waals surface area contributed by atoms with Crippen molar-refractivity contribution in [2.45, 2.75) is 19.0 Å². The molecule has 0 fully saturated rings. The fourth-order valence-corrected chi connectivity index (χ4v) is 2.72. The van der Waals surface area contributed by atoms with Crippen LogP contribution in [0.4, 0.5) is 13.2 Å². The van der Waals surface area contributed by atoms with Gasteiger partial charge in [-0.05, 0) is 35.6 Å². The summed E-state index contributed by atoms with van der Waals surface area (Å²) in [6.45, 7) is 0.548. The lowest BCUT2D eigenvalue weighted by Crippen LogP contribution is -2.31. The molecule has 0 bridgehead atoms. The summed E-state index contributed by atoms with van der Waals surface area (Å²) in [7, 11) is 0. The van der Waals surface area contributed by atoms with E-state index in [1.807, 2.05) is 0 Å². The molecule has 2 amide bonds. The van der Waals surface area contributed by atoms with E-state index in [9.17, 15) is 22.8 Å². The smallest absolute Gasteiger partial charge is 0.356 e. The predicted molar refractivity (Wildman–Crippen MR) is 89.4 cm³/mol. The van der Waals surface area contributed by atoms with E-state index in [4.69, 9.17) is 0 Å². The van der Waals surface area contributed by atoms with Crippen LogP contribution in [0.15, 0.2) is 41.8 Å². The molecule has 8 heteroatoms. The second-order valence-electron chi connectivity index (χ2n) is 5.28. The summed E-state index contributed by atoms with van der Waals surface area (Å²) >= 11 is 1.32. The SMILES string of the molecule is O=C(CCNC(=O)c1cccs1)NCCc1ccc(C(F)(F)F)cc1. The van der Waals surface area contributed by atoms with Gasteiger partial charge in [0.15, 0.2) is 0 Å². The molecule has 0 aliphatic carbocycles. The molecule has 2 aromatic rings. The van der Waals surface area contributed by atoms with E-state index >= 15 is 0 Å². The standard InChI is InChI=1S/C17H17F3N2O2S/c18-17(19,20)13-5-3-12(4-6-13)7-9-21-15(23)8-10-22-16(24)14-2-1-11-25-14/h1-6,11H,7-10H2,(H,21,23)(H,22,24). The van der Waals surface area contributed by atoms with Gasteiger partial charge in [0.2, 0.25) is 5.91 Å². The number of rotatable bonds is 7. The first-order chi connectivity index (χ1) is 11.9. The molecule has 0 aliphatic heterocycles. The summed E-state index contributed by atoms with van der Waals surface area (Å²) in [6, 6.07) is 8.32. The number of nitrogens with one attached hydrogen (secondary N) is 2. The number of halogens is 3. The minimum Gasteiger partial charge on any atom is -0.356 e. The molecule has 1 aromatic carbocycles. The molecule has 0 aliphatic rings. The molecule has 0 radical (unpaired) electrons. The normalized spacial score (nSPS) is 11.2. The van der Waals surface area contributed by atoms with Gasteiger partial charge in [-0.15, -0.1) is 11.3 Å². The Labute approximate surface area is 147 Å². The number of alkyl halides is 3.